The van der Waals surface area contributed by atoms with E-state index in [0.717, 1.165) is 11.0 Å². The van der Waals surface area contributed by atoms with Gasteiger partial charge in [-0.1, -0.05) is 18.2 Å². The van der Waals surface area contributed by atoms with E-state index in [1.54, 1.807) is 31.2 Å². The number of hydrogen-bond acceptors (Lipinski definition) is 7. The molecule has 2 aromatic carbocycles. The van der Waals surface area contributed by atoms with Crippen molar-refractivity contribution in [3.8, 4) is 11.5 Å². The van der Waals surface area contributed by atoms with Gasteiger partial charge >= 0.3 is 5.97 Å². The van der Waals surface area contributed by atoms with Crippen molar-refractivity contribution >= 4 is 23.5 Å². The Bertz CT molecular complexity index is 971. The molecule has 2 aromatic rings. The number of nitro benzene ring substituents is 1. The summed E-state index contributed by atoms with van der Waals surface area (Å²) in [6, 6.07) is 10.5. The normalized spacial score (nSPS) is 12.7. The first-order valence-corrected chi connectivity index (χ1v) is 8.50. The van der Waals surface area contributed by atoms with Gasteiger partial charge in [-0.25, -0.2) is 0 Å². The number of nitro groups is 1. The van der Waals surface area contributed by atoms with Gasteiger partial charge in [-0.3, -0.25) is 29.4 Å². The van der Waals surface area contributed by atoms with E-state index >= 15 is 0 Å². The Morgan fingerprint density at radius 3 is 2.46 bits per heavy atom. The zero-order valence-electron chi connectivity index (χ0n) is 14.9. The lowest BCUT2D eigenvalue weighted by Gasteiger charge is -2.14. The quantitative estimate of drug-likeness (QED) is 0.237. The number of hydrogen-bond donors (Lipinski definition) is 0. The van der Waals surface area contributed by atoms with Gasteiger partial charge in [0.25, 0.3) is 17.5 Å². The van der Waals surface area contributed by atoms with Gasteiger partial charge in [0, 0.05) is 12.6 Å². The third-order valence-corrected chi connectivity index (χ3v) is 4.09. The van der Waals surface area contributed by atoms with Crippen LogP contribution in [0.1, 0.15) is 34.1 Å². The number of fused-ring (bicyclic) bond motifs is 1. The van der Waals surface area contributed by atoms with Crippen molar-refractivity contribution in [1.82, 2.24) is 4.90 Å². The van der Waals surface area contributed by atoms with Crippen LogP contribution >= 0.6 is 0 Å². The van der Waals surface area contributed by atoms with E-state index in [1.165, 1.54) is 12.1 Å². The molecule has 1 aliphatic rings. The molecule has 144 valence electrons. The van der Waals surface area contributed by atoms with Crippen molar-refractivity contribution in [1.29, 1.82) is 0 Å². The molecular formula is C19H16N2O7. The summed E-state index contributed by atoms with van der Waals surface area (Å²) in [5.41, 5.74) is -0.742. The van der Waals surface area contributed by atoms with Gasteiger partial charge < -0.3 is 9.47 Å². The Morgan fingerprint density at radius 1 is 1.07 bits per heavy atom. The maximum absolute atomic E-state index is 12.5. The van der Waals surface area contributed by atoms with Crippen molar-refractivity contribution in [3.05, 3.63) is 63.7 Å². The van der Waals surface area contributed by atoms with Gasteiger partial charge in [0.1, 0.15) is 5.56 Å². The number of nitrogens with zero attached hydrogens (tertiary/aromatic N) is 2. The van der Waals surface area contributed by atoms with Crippen LogP contribution in [-0.4, -0.2) is 40.8 Å². The Labute approximate surface area is 159 Å². The fourth-order valence-corrected chi connectivity index (χ4v) is 2.86. The van der Waals surface area contributed by atoms with Crippen molar-refractivity contribution in [3.63, 3.8) is 0 Å². The maximum Gasteiger partial charge on any atom is 0.313 e. The van der Waals surface area contributed by atoms with Gasteiger partial charge in [0.05, 0.1) is 23.5 Å². The molecule has 28 heavy (non-hydrogen) atoms. The first-order chi connectivity index (χ1) is 13.4. The molecule has 9 heteroatoms. The van der Waals surface area contributed by atoms with E-state index in [-0.39, 0.29) is 29.8 Å². The highest BCUT2D eigenvalue weighted by Crippen LogP contribution is 2.31. The number of carbonyl (C=O) groups excluding carboxylic acids is 3. The highest BCUT2D eigenvalue weighted by atomic mass is 16.6. The van der Waals surface area contributed by atoms with Gasteiger partial charge in [0.15, 0.2) is 11.5 Å². The minimum absolute atomic E-state index is 0.0470. The van der Waals surface area contributed by atoms with Crippen LogP contribution in [0.5, 0.6) is 11.5 Å². The van der Waals surface area contributed by atoms with Crippen LogP contribution in [0.15, 0.2) is 42.5 Å². The monoisotopic (exact) mass is 384 g/mol. The Kier molecular flexibility index (Phi) is 5.35. The maximum atomic E-state index is 12.5. The predicted octanol–water partition coefficient (Wildman–Crippen LogP) is 2.59. The summed E-state index contributed by atoms with van der Waals surface area (Å²) in [6.45, 7) is 1.93. The van der Waals surface area contributed by atoms with Gasteiger partial charge in [-0.15, -0.1) is 0 Å². The molecule has 0 fully saturated rings. The largest absolute Gasteiger partial charge is 0.490 e. The van der Waals surface area contributed by atoms with Crippen molar-refractivity contribution in [2.45, 2.75) is 13.3 Å². The number of para-hydroxylation sites is 2. The van der Waals surface area contributed by atoms with E-state index in [0.29, 0.717) is 12.4 Å². The molecule has 0 aliphatic carbocycles. The Balaban J connectivity index is 1.69. The van der Waals surface area contributed by atoms with E-state index in [9.17, 15) is 24.5 Å². The van der Waals surface area contributed by atoms with Gasteiger partial charge in [-0.2, -0.15) is 0 Å². The van der Waals surface area contributed by atoms with E-state index in [2.05, 4.69) is 0 Å². The van der Waals surface area contributed by atoms with Crippen molar-refractivity contribution < 1.29 is 28.8 Å². The number of ether oxygens (including phenoxy) is 2. The Hall–Kier alpha value is -3.75. The highest BCUT2D eigenvalue weighted by molar-refractivity contribution is 6.23. The lowest BCUT2D eigenvalue weighted by molar-refractivity contribution is -0.385. The predicted molar refractivity (Wildman–Crippen MR) is 96.3 cm³/mol. The summed E-state index contributed by atoms with van der Waals surface area (Å²) >= 11 is 0. The second-order valence-electron chi connectivity index (χ2n) is 5.82. The number of amides is 2. The van der Waals surface area contributed by atoms with Crippen LogP contribution in [0, 0.1) is 10.1 Å². The van der Waals surface area contributed by atoms with Crippen LogP contribution in [0.25, 0.3) is 0 Å². The number of rotatable bonds is 7. The molecule has 0 unspecified atom stereocenters. The smallest absolute Gasteiger partial charge is 0.313 e. The molecule has 0 saturated carbocycles. The third kappa shape index (κ3) is 3.54. The minimum Gasteiger partial charge on any atom is -0.490 e. The fourth-order valence-electron chi connectivity index (χ4n) is 2.86. The van der Waals surface area contributed by atoms with Gasteiger partial charge in [-0.05, 0) is 25.1 Å². The second-order valence-corrected chi connectivity index (χ2v) is 5.82. The molecule has 0 aromatic heterocycles. The summed E-state index contributed by atoms with van der Waals surface area (Å²) in [5, 5.41) is 11.1. The topological polar surface area (TPSA) is 116 Å². The fraction of sp³-hybridized carbons (Fsp3) is 0.211. The number of benzene rings is 2. The zero-order chi connectivity index (χ0) is 20.3. The van der Waals surface area contributed by atoms with Gasteiger partial charge in [0.2, 0.25) is 0 Å². The standard InChI is InChI=1S/C19H16N2O7/c1-2-27-14-8-3-4-9-15(14)28-16(22)10-11-20-18(23)12-6-5-7-13(21(25)26)17(12)19(20)24/h3-9H,2,10-11H2,1H3. The molecule has 0 saturated heterocycles. The molecule has 0 radical (unpaired) electrons. The molecule has 0 N–H and O–H groups in total. The molecule has 0 atom stereocenters. The van der Waals surface area contributed by atoms with Crippen LogP contribution in [0.2, 0.25) is 0 Å². The van der Waals surface area contributed by atoms with Crippen LogP contribution in [-0.2, 0) is 4.79 Å². The highest BCUT2D eigenvalue weighted by Gasteiger charge is 2.40. The lowest BCUT2D eigenvalue weighted by atomic mass is 10.1. The second kappa shape index (κ2) is 7.87. The SMILES string of the molecule is CCOc1ccccc1OC(=O)CCN1C(=O)c2cccc([N+](=O)[O-])c2C1=O. The van der Waals surface area contributed by atoms with Crippen LogP contribution in [0.4, 0.5) is 5.69 Å². The molecular weight excluding hydrogens is 368 g/mol. The van der Waals surface area contributed by atoms with Crippen LogP contribution in [0.3, 0.4) is 0 Å². The average Bonchev–Trinajstić information content (AvgIpc) is 2.92. The summed E-state index contributed by atoms with van der Waals surface area (Å²) < 4.78 is 10.6. The number of carbonyl (C=O) groups is 3. The summed E-state index contributed by atoms with van der Waals surface area (Å²) in [5.74, 6) is -1.51. The molecule has 9 nitrogen and oxygen atoms in total. The first kappa shape index (κ1) is 19.0. The molecule has 0 spiro atoms. The average molecular weight is 384 g/mol. The van der Waals surface area contributed by atoms with Crippen molar-refractivity contribution in [2.24, 2.45) is 0 Å². The number of esters is 1. The summed E-state index contributed by atoms with van der Waals surface area (Å²) in [4.78, 5) is 48.2. The van der Waals surface area contributed by atoms with E-state index in [4.69, 9.17) is 9.47 Å². The minimum atomic E-state index is -0.796. The molecule has 2 amide bonds. The molecule has 1 aliphatic heterocycles. The molecule has 0 bridgehead atoms. The summed E-state index contributed by atoms with van der Waals surface area (Å²) in [6.07, 6.45) is -0.264. The molecule has 1 heterocycles. The summed E-state index contributed by atoms with van der Waals surface area (Å²) in [7, 11) is 0. The van der Waals surface area contributed by atoms with E-state index < -0.39 is 28.4 Å². The number of imide groups is 1. The molecule has 3 rings (SSSR count). The third-order valence-electron chi connectivity index (χ3n) is 4.09. The lowest BCUT2D eigenvalue weighted by Crippen LogP contribution is -2.32. The zero-order valence-corrected chi connectivity index (χ0v) is 14.9. The van der Waals surface area contributed by atoms with E-state index in [1.807, 2.05) is 0 Å². The Morgan fingerprint density at radius 2 is 1.79 bits per heavy atom. The van der Waals surface area contributed by atoms with Crippen molar-refractivity contribution in [2.75, 3.05) is 13.2 Å². The van der Waals surface area contributed by atoms with Crippen LogP contribution < -0.4 is 9.47 Å². The first-order valence-electron chi connectivity index (χ1n) is 8.50.